The average molecular weight is 350 g/mol. The molecule has 4 heterocycles. The first-order chi connectivity index (χ1) is 12.3. The summed E-state index contributed by atoms with van der Waals surface area (Å²) in [4.78, 5) is 16.1. The highest BCUT2D eigenvalue weighted by atomic mass is 32.1. The Hall–Kier alpha value is -2.54. The lowest BCUT2D eigenvalue weighted by atomic mass is 9.87. The van der Waals surface area contributed by atoms with E-state index in [1.165, 1.54) is 28.7 Å². The normalized spacial score (nSPS) is 17.1. The molecule has 5 rings (SSSR count). The van der Waals surface area contributed by atoms with E-state index in [1.54, 1.807) is 12.5 Å². The summed E-state index contributed by atoms with van der Waals surface area (Å²) < 4.78 is 1.83. The van der Waals surface area contributed by atoms with Crippen molar-refractivity contribution in [2.45, 2.75) is 38.6 Å². The summed E-state index contributed by atoms with van der Waals surface area (Å²) >= 11 is 1.81. The summed E-state index contributed by atoms with van der Waals surface area (Å²) in [5, 5.41) is 8.99. The molecule has 1 N–H and O–H groups in total. The fourth-order valence-corrected chi connectivity index (χ4v) is 5.03. The number of nitrogens with one attached hydrogen (secondary N) is 1. The van der Waals surface area contributed by atoms with Crippen LogP contribution in [-0.2, 0) is 13.0 Å². The molecule has 0 aromatic carbocycles. The van der Waals surface area contributed by atoms with E-state index in [4.69, 9.17) is 4.98 Å². The molecule has 1 aliphatic rings. The van der Waals surface area contributed by atoms with Gasteiger partial charge in [0.1, 0.15) is 11.2 Å². The predicted molar refractivity (Wildman–Crippen MR) is 99.1 cm³/mol. The summed E-state index contributed by atoms with van der Waals surface area (Å²) in [6.45, 7) is 2.97. The number of pyridine rings is 1. The van der Waals surface area contributed by atoms with Crippen molar-refractivity contribution in [3.63, 3.8) is 0 Å². The van der Waals surface area contributed by atoms with Gasteiger partial charge in [0.2, 0.25) is 5.95 Å². The molecule has 1 aliphatic carbocycles. The Kier molecular flexibility index (Phi) is 3.41. The van der Waals surface area contributed by atoms with Gasteiger partial charge in [0.05, 0.1) is 5.39 Å². The van der Waals surface area contributed by atoms with E-state index in [2.05, 4.69) is 27.3 Å². The number of nitrogens with zero attached hydrogens (tertiary/aromatic N) is 5. The highest BCUT2D eigenvalue weighted by Crippen LogP contribution is 2.43. The second-order valence-corrected chi connectivity index (χ2v) is 7.64. The molecule has 0 unspecified atom stereocenters. The van der Waals surface area contributed by atoms with Crippen LogP contribution in [0.25, 0.3) is 15.9 Å². The van der Waals surface area contributed by atoms with Gasteiger partial charge in [-0.05, 0) is 42.4 Å². The summed E-state index contributed by atoms with van der Waals surface area (Å²) in [7, 11) is 0. The topological polar surface area (TPSA) is 68.0 Å². The molecule has 0 spiro atoms. The highest BCUT2D eigenvalue weighted by molar-refractivity contribution is 7.19. The molecular weight excluding hydrogens is 332 g/mol. The van der Waals surface area contributed by atoms with Crippen molar-refractivity contribution >= 4 is 33.1 Å². The maximum atomic E-state index is 4.88. The maximum absolute atomic E-state index is 4.88. The van der Waals surface area contributed by atoms with Gasteiger partial charge in [-0.1, -0.05) is 13.0 Å². The number of aryl methyl sites for hydroxylation is 1. The number of thiophene rings is 1. The summed E-state index contributed by atoms with van der Waals surface area (Å²) in [6.07, 6.45) is 8.90. The first-order valence-electron chi connectivity index (χ1n) is 8.59. The van der Waals surface area contributed by atoms with Crippen molar-refractivity contribution in [1.29, 1.82) is 0 Å². The van der Waals surface area contributed by atoms with E-state index in [1.807, 2.05) is 34.2 Å². The van der Waals surface area contributed by atoms with Crippen molar-refractivity contribution in [2.24, 2.45) is 0 Å². The Morgan fingerprint density at radius 3 is 3.24 bits per heavy atom. The van der Waals surface area contributed by atoms with Crippen molar-refractivity contribution in [3.8, 4) is 0 Å². The Morgan fingerprint density at radius 2 is 2.36 bits per heavy atom. The van der Waals surface area contributed by atoms with Crippen LogP contribution in [0.2, 0.25) is 0 Å². The third-order valence-corrected chi connectivity index (χ3v) is 6.05. The van der Waals surface area contributed by atoms with Gasteiger partial charge >= 0.3 is 0 Å². The van der Waals surface area contributed by atoms with Crippen LogP contribution in [0.1, 0.15) is 41.7 Å². The van der Waals surface area contributed by atoms with Gasteiger partial charge in [-0.15, -0.1) is 11.3 Å². The molecule has 4 aromatic rings. The molecule has 25 heavy (non-hydrogen) atoms. The van der Waals surface area contributed by atoms with Crippen molar-refractivity contribution in [1.82, 2.24) is 24.6 Å². The van der Waals surface area contributed by atoms with Crippen molar-refractivity contribution < 1.29 is 0 Å². The van der Waals surface area contributed by atoms with Gasteiger partial charge in [-0.2, -0.15) is 9.61 Å². The molecule has 6 nitrogen and oxygen atoms in total. The molecular formula is C18H18N6S. The largest absolute Gasteiger partial charge is 0.350 e. The first kappa shape index (κ1) is 14.8. The van der Waals surface area contributed by atoms with E-state index in [-0.39, 0.29) is 0 Å². The van der Waals surface area contributed by atoms with Crippen molar-refractivity contribution in [2.75, 3.05) is 5.32 Å². The number of aromatic nitrogens is 5. The number of anilines is 1. The minimum absolute atomic E-state index is 0.564. The Bertz CT molecular complexity index is 1050. The SMILES string of the molecule is C[C@H]1CCCc2sc3nc(NCc4cccnc4)n4ncnc4c3c21. The fourth-order valence-electron chi connectivity index (χ4n) is 3.70. The molecule has 0 saturated heterocycles. The number of rotatable bonds is 3. The fraction of sp³-hybridized carbons (Fsp3) is 0.333. The van der Waals surface area contributed by atoms with Crippen LogP contribution in [0.3, 0.4) is 0 Å². The minimum atomic E-state index is 0.564. The van der Waals surface area contributed by atoms with E-state index < -0.39 is 0 Å². The molecule has 126 valence electrons. The molecule has 0 radical (unpaired) electrons. The third-order valence-electron chi connectivity index (χ3n) is 4.89. The van der Waals surface area contributed by atoms with Gasteiger partial charge in [0.25, 0.3) is 0 Å². The zero-order chi connectivity index (χ0) is 16.8. The Balaban J connectivity index is 1.63. The number of hydrogen-bond donors (Lipinski definition) is 1. The van der Waals surface area contributed by atoms with Crippen LogP contribution in [0.15, 0.2) is 30.9 Å². The number of fused-ring (bicyclic) bond motifs is 5. The van der Waals surface area contributed by atoms with Gasteiger partial charge in [-0.3, -0.25) is 4.98 Å². The summed E-state index contributed by atoms with van der Waals surface area (Å²) in [6, 6.07) is 3.98. The van der Waals surface area contributed by atoms with Gasteiger partial charge in [-0.25, -0.2) is 9.97 Å². The zero-order valence-corrected chi connectivity index (χ0v) is 14.8. The molecule has 4 aromatic heterocycles. The monoisotopic (exact) mass is 350 g/mol. The molecule has 1 atom stereocenters. The lowest BCUT2D eigenvalue weighted by molar-refractivity contribution is 0.602. The molecule has 0 aliphatic heterocycles. The van der Waals surface area contributed by atoms with Crippen LogP contribution in [0, 0.1) is 0 Å². The van der Waals surface area contributed by atoms with E-state index in [0.717, 1.165) is 28.4 Å². The standard InChI is InChI=1S/C18H18N6S/c1-11-4-2-6-13-14(11)15-16-21-10-22-24(16)18(23-17(15)25-13)20-9-12-5-3-7-19-8-12/h3,5,7-8,10-11H,2,4,6,9H2,1H3,(H,20,23)/t11-/m0/s1. The second kappa shape index (κ2) is 5.77. The summed E-state index contributed by atoms with van der Waals surface area (Å²) in [5.41, 5.74) is 3.46. The number of hydrogen-bond acceptors (Lipinski definition) is 6. The lowest BCUT2D eigenvalue weighted by Gasteiger charge is -2.18. The van der Waals surface area contributed by atoms with Gasteiger partial charge < -0.3 is 5.32 Å². The summed E-state index contributed by atoms with van der Waals surface area (Å²) in [5.74, 6) is 1.30. The average Bonchev–Trinajstić information content (AvgIpc) is 3.25. The quantitative estimate of drug-likeness (QED) is 0.609. The van der Waals surface area contributed by atoms with Crippen molar-refractivity contribution in [3.05, 3.63) is 46.9 Å². The molecule has 0 bridgehead atoms. The second-order valence-electron chi connectivity index (χ2n) is 6.56. The predicted octanol–water partition coefficient (Wildman–Crippen LogP) is 3.79. The lowest BCUT2D eigenvalue weighted by Crippen LogP contribution is -2.08. The van der Waals surface area contributed by atoms with Crippen LogP contribution in [0.5, 0.6) is 0 Å². The highest BCUT2D eigenvalue weighted by Gasteiger charge is 2.25. The van der Waals surface area contributed by atoms with Crippen LogP contribution in [-0.4, -0.2) is 24.6 Å². The Labute approximate surface area is 149 Å². The minimum Gasteiger partial charge on any atom is -0.350 e. The van der Waals surface area contributed by atoms with E-state index in [0.29, 0.717) is 12.5 Å². The van der Waals surface area contributed by atoms with E-state index >= 15 is 0 Å². The Morgan fingerprint density at radius 1 is 1.40 bits per heavy atom. The smallest absolute Gasteiger partial charge is 0.227 e. The van der Waals surface area contributed by atoms with Crippen LogP contribution in [0.4, 0.5) is 5.95 Å². The zero-order valence-electron chi connectivity index (χ0n) is 13.9. The first-order valence-corrected chi connectivity index (χ1v) is 9.40. The maximum Gasteiger partial charge on any atom is 0.227 e. The molecule has 0 fully saturated rings. The van der Waals surface area contributed by atoms with Crippen LogP contribution >= 0.6 is 11.3 Å². The van der Waals surface area contributed by atoms with Gasteiger partial charge in [0.15, 0.2) is 5.65 Å². The third kappa shape index (κ3) is 2.38. The molecule has 0 saturated carbocycles. The van der Waals surface area contributed by atoms with Crippen LogP contribution < -0.4 is 5.32 Å². The van der Waals surface area contributed by atoms with E-state index in [9.17, 15) is 0 Å². The molecule has 0 amide bonds. The molecule has 7 heteroatoms. The van der Waals surface area contributed by atoms with Gasteiger partial charge in [0, 0.05) is 23.8 Å².